The summed E-state index contributed by atoms with van der Waals surface area (Å²) in [7, 11) is -3.55. The maximum absolute atomic E-state index is 12.5. The average molecular weight is 443 g/mol. The van der Waals surface area contributed by atoms with Crippen molar-refractivity contribution in [1.29, 1.82) is 0 Å². The standard InChI is InChI=1S/C24H30N2O4S/c1-31(28,29)26(18-10-17-24(27)25-19-20-11-4-2-5-12-20)22-15-8-9-16-23(22)30-21-13-6-3-7-14-21/h3,6-9,11,13-16H,2,4-5,10,12,17-19H2,1H3,(H,25,27). The molecule has 2 aromatic rings. The van der Waals surface area contributed by atoms with Gasteiger partial charge >= 0.3 is 0 Å². The first kappa shape index (κ1) is 22.9. The van der Waals surface area contributed by atoms with Crippen LogP contribution in [0.15, 0.2) is 66.2 Å². The van der Waals surface area contributed by atoms with E-state index in [0.29, 0.717) is 30.2 Å². The highest BCUT2D eigenvalue weighted by Gasteiger charge is 2.21. The van der Waals surface area contributed by atoms with Gasteiger partial charge in [-0.1, -0.05) is 42.0 Å². The fourth-order valence-electron chi connectivity index (χ4n) is 3.58. The number of allylic oxidation sites excluding steroid dienone is 1. The summed E-state index contributed by atoms with van der Waals surface area (Å²) >= 11 is 0. The number of amides is 1. The van der Waals surface area contributed by atoms with Crippen LogP contribution < -0.4 is 14.4 Å². The minimum Gasteiger partial charge on any atom is -0.455 e. The van der Waals surface area contributed by atoms with Crippen LogP contribution in [-0.2, 0) is 14.8 Å². The van der Waals surface area contributed by atoms with Crippen LogP contribution >= 0.6 is 0 Å². The molecule has 31 heavy (non-hydrogen) atoms. The first-order valence-electron chi connectivity index (χ1n) is 10.7. The average Bonchev–Trinajstić information content (AvgIpc) is 2.77. The number of rotatable bonds is 10. The predicted octanol–water partition coefficient (Wildman–Crippen LogP) is 4.64. The van der Waals surface area contributed by atoms with Gasteiger partial charge in [0.1, 0.15) is 5.75 Å². The van der Waals surface area contributed by atoms with Gasteiger partial charge in [-0.15, -0.1) is 0 Å². The molecule has 3 rings (SSSR count). The maximum atomic E-state index is 12.5. The van der Waals surface area contributed by atoms with Crippen molar-refractivity contribution < 1.29 is 17.9 Å². The highest BCUT2D eigenvalue weighted by molar-refractivity contribution is 7.92. The second-order valence-electron chi connectivity index (χ2n) is 7.71. The Balaban J connectivity index is 1.62. The van der Waals surface area contributed by atoms with Gasteiger partial charge in [0.25, 0.3) is 0 Å². The molecule has 0 radical (unpaired) electrons. The molecule has 0 fully saturated rings. The summed E-state index contributed by atoms with van der Waals surface area (Å²) in [6.07, 6.45) is 8.57. The van der Waals surface area contributed by atoms with Gasteiger partial charge in [-0.3, -0.25) is 9.10 Å². The molecule has 0 aliphatic heterocycles. The molecule has 0 unspecified atom stereocenters. The highest BCUT2D eigenvalue weighted by Crippen LogP contribution is 2.33. The first-order chi connectivity index (χ1) is 14.9. The number of carbonyl (C=O) groups is 1. The molecule has 0 spiro atoms. The molecule has 1 amide bonds. The Bertz CT molecular complexity index is 1000. The fraction of sp³-hybridized carbons (Fsp3) is 0.375. The Morgan fingerprint density at radius 1 is 1.06 bits per heavy atom. The molecule has 6 nitrogen and oxygen atoms in total. The Hall–Kier alpha value is -2.80. The van der Waals surface area contributed by atoms with E-state index in [1.165, 1.54) is 29.0 Å². The van der Waals surface area contributed by atoms with Gasteiger partial charge in [0.05, 0.1) is 11.9 Å². The number of nitrogens with zero attached hydrogens (tertiary/aromatic N) is 1. The second kappa shape index (κ2) is 11.0. The van der Waals surface area contributed by atoms with E-state index in [-0.39, 0.29) is 18.9 Å². The zero-order chi connectivity index (χ0) is 22.1. The van der Waals surface area contributed by atoms with Gasteiger partial charge in [-0.25, -0.2) is 8.42 Å². The monoisotopic (exact) mass is 442 g/mol. The minimum atomic E-state index is -3.55. The van der Waals surface area contributed by atoms with E-state index in [1.54, 1.807) is 24.3 Å². The van der Waals surface area contributed by atoms with E-state index in [0.717, 1.165) is 12.8 Å². The van der Waals surface area contributed by atoms with Crippen LogP contribution in [0.5, 0.6) is 11.5 Å². The number of nitrogens with one attached hydrogen (secondary N) is 1. The molecule has 0 bridgehead atoms. The molecule has 0 saturated carbocycles. The van der Waals surface area contributed by atoms with E-state index >= 15 is 0 Å². The molecular weight excluding hydrogens is 412 g/mol. The molecule has 1 aliphatic rings. The quantitative estimate of drug-likeness (QED) is 0.544. The van der Waals surface area contributed by atoms with Crippen LogP contribution in [0.3, 0.4) is 0 Å². The van der Waals surface area contributed by atoms with Crippen LogP contribution in [0.25, 0.3) is 0 Å². The summed E-state index contributed by atoms with van der Waals surface area (Å²) in [4.78, 5) is 12.2. The van der Waals surface area contributed by atoms with Crippen molar-refractivity contribution in [3.63, 3.8) is 0 Å². The summed E-state index contributed by atoms with van der Waals surface area (Å²) in [5, 5.41) is 2.95. The zero-order valence-electron chi connectivity index (χ0n) is 17.9. The Labute approximate surface area is 185 Å². The third kappa shape index (κ3) is 7.14. The van der Waals surface area contributed by atoms with Crippen LogP contribution in [0.4, 0.5) is 5.69 Å². The van der Waals surface area contributed by atoms with Crippen LogP contribution in [-0.4, -0.2) is 33.7 Å². The second-order valence-corrected chi connectivity index (χ2v) is 9.61. The van der Waals surface area contributed by atoms with Crippen LogP contribution in [0.1, 0.15) is 38.5 Å². The van der Waals surface area contributed by atoms with Crippen molar-refractivity contribution >= 4 is 21.6 Å². The van der Waals surface area contributed by atoms with Crippen LogP contribution in [0, 0.1) is 0 Å². The zero-order valence-corrected chi connectivity index (χ0v) is 18.7. The van der Waals surface area contributed by atoms with Crippen molar-refractivity contribution in [2.75, 3.05) is 23.7 Å². The molecule has 1 N–H and O–H groups in total. The van der Waals surface area contributed by atoms with Crippen molar-refractivity contribution in [2.45, 2.75) is 38.5 Å². The summed E-state index contributed by atoms with van der Waals surface area (Å²) < 4.78 is 32.2. The predicted molar refractivity (Wildman–Crippen MR) is 124 cm³/mol. The van der Waals surface area contributed by atoms with Crippen molar-refractivity contribution in [3.8, 4) is 11.5 Å². The van der Waals surface area contributed by atoms with Gasteiger partial charge in [-0.05, 0) is 56.4 Å². The summed E-state index contributed by atoms with van der Waals surface area (Å²) in [6, 6.07) is 16.3. The van der Waals surface area contributed by atoms with Crippen LogP contribution in [0.2, 0.25) is 0 Å². The molecule has 0 saturated heterocycles. The number of hydrogen-bond donors (Lipinski definition) is 1. The third-order valence-corrected chi connectivity index (χ3v) is 6.35. The lowest BCUT2D eigenvalue weighted by atomic mass is 10.00. The van der Waals surface area contributed by atoms with E-state index < -0.39 is 10.0 Å². The Morgan fingerprint density at radius 3 is 2.52 bits per heavy atom. The number of carbonyl (C=O) groups excluding carboxylic acids is 1. The molecule has 7 heteroatoms. The molecule has 166 valence electrons. The lowest BCUT2D eigenvalue weighted by Crippen LogP contribution is -2.32. The smallest absolute Gasteiger partial charge is 0.232 e. The number of sulfonamides is 1. The van der Waals surface area contributed by atoms with Gasteiger partial charge in [0.15, 0.2) is 5.75 Å². The lowest BCUT2D eigenvalue weighted by molar-refractivity contribution is -0.120. The molecule has 0 aromatic heterocycles. The summed E-state index contributed by atoms with van der Waals surface area (Å²) in [5.41, 5.74) is 1.74. The number of benzene rings is 2. The van der Waals surface area contributed by atoms with Crippen molar-refractivity contribution in [1.82, 2.24) is 5.32 Å². The SMILES string of the molecule is CS(=O)(=O)N(CCCC(=O)NCC1=CCCCC1)c1ccccc1Oc1ccccc1. The topological polar surface area (TPSA) is 75.7 Å². The third-order valence-electron chi connectivity index (χ3n) is 5.17. The number of anilines is 1. The number of para-hydroxylation sites is 3. The molecule has 2 aromatic carbocycles. The molecule has 1 aliphatic carbocycles. The van der Waals surface area contributed by atoms with Gasteiger partial charge in [-0.2, -0.15) is 0 Å². The van der Waals surface area contributed by atoms with Gasteiger partial charge in [0, 0.05) is 19.5 Å². The Morgan fingerprint density at radius 2 is 1.81 bits per heavy atom. The first-order valence-corrected chi connectivity index (χ1v) is 12.5. The molecule has 0 atom stereocenters. The Kier molecular flexibility index (Phi) is 8.12. The number of hydrogen-bond acceptors (Lipinski definition) is 4. The number of ether oxygens (including phenoxy) is 1. The van der Waals surface area contributed by atoms with Gasteiger partial charge < -0.3 is 10.1 Å². The van der Waals surface area contributed by atoms with E-state index in [1.807, 2.05) is 30.3 Å². The minimum absolute atomic E-state index is 0.0613. The molecule has 0 heterocycles. The highest BCUT2D eigenvalue weighted by atomic mass is 32.2. The van der Waals surface area contributed by atoms with Crippen molar-refractivity contribution in [2.24, 2.45) is 0 Å². The van der Waals surface area contributed by atoms with Gasteiger partial charge in [0.2, 0.25) is 15.9 Å². The largest absolute Gasteiger partial charge is 0.455 e. The molecular formula is C24H30N2O4S. The maximum Gasteiger partial charge on any atom is 0.232 e. The summed E-state index contributed by atoms with van der Waals surface area (Å²) in [5.74, 6) is 1.02. The fourth-order valence-corrected chi connectivity index (χ4v) is 4.55. The van der Waals surface area contributed by atoms with Crippen molar-refractivity contribution in [3.05, 3.63) is 66.2 Å². The lowest BCUT2D eigenvalue weighted by Gasteiger charge is -2.24. The summed E-state index contributed by atoms with van der Waals surface area (Å²) in [6.45, 7) is 0.784. The van der Waals surface area contributed by atoms with E-state index in [2.05, 4.69) is 11.4 Å². The van der Waals surface area contributed by atoms with E-state index in [9.17, 15) is 13.2 Å². The van der Waals surface area contributed by atoms with E-state index in [4.69, 9.17) is 4.74 Å². The normalized spacial score (nSPS) is 13.9.